The third kappa shape index (κ3) is 5.69. The molecule has 2 aromatic carbocycles. The van der Waals surface area contributed by atoms with Gasteiger partial charge in [0.1, 0.15) is 12.1 Å². The van der Waals surface area contributed by atoms with Crippen molar-refractivity contribution in [2.24, 2.45) is 0 Å². The Morgan fingerprint density at radius 1 is 1.00 bits per heavy atom. The minimum atomic E-state index is -0.514. The van der Waals surface area contributed by atoms with Crippen LogP contribution in [-0.4, -0.2) is 87.9 Å². The van der Waals surface area contributed by atoms with Gasteiger partial charge in [-0.2, -0.15) is 9.97 Å². The molecular formula is C31H35ClN8O2. The van der Waals surface area contributed by atoms with Crippen LogP contribution in [0.2, 0.25) is 5.02 Å². The van der Waals surface area contributed by atoms with Crippen molar-refractivity contribution in [1.82, 2.24) is 29.4 Å². The molecule has 2 fully saturated rings. The van der Waals surface area contributed by atoms with Crippen LogP contribution in [0.5, 0.6) is 0 Å². The normalized spacial score (nSPS) is 17.7. The molecule has 2 aromatic heterocycles. The average molecular weight is 587 g/mol. The van der Waals surface area contributed by atoms with E-state index in [4.69, 9.17) is 16.6 Å². The Hall–Kier alpha value is -4.02. The van der Waals surface area contributed by atoms with Crippen molar-refractivity contribution >= 4 is 47.0 Å². The first-order valence-corrected chi connectivity index (χ1v) is 14.7. The van der Waals surface area contributed by atoms with Gasteiger partial charge in [-0.1, -0.05) is 23.7 Å². The summed E-state index contributed by atoms with van der Waals surface area (Å²) in [5.74, 6) is 1.73. The molecule has 2 saturated heterocycles. The average Bonchev–Trinajstić information content (AvgIpc) is 3.43. The summed E-state index contributed by atoms with van der Waals surface area (Å²) in [6.07, 6.45) is 6.30. The molecule has 1 N–H and O–H groups in total. The lowest BCUT2D eigenvalue weighted by Gasteiger charge is -2.39. The summed E-state index contributed by atoms with van der Waals surface area (Å²) in [5, 5.41) is 8.39. The lowest BCUT2D eigenvalue weighted by atomic mass is 9.74. The van der Waals surface area contributed by atoms with E-state index in [0.717, 1.165) is 49.3 Å². The number of nitrogens with zero attached hydrogens (tertiary/aromatic N) is 7. The summed E-state index contributed by atoms with van der Waals surface area (Å²) in [6, 6.07) is 17.2. The molecule has 0 saturated carbocycles. The summed E-state index contributed by atoms with van der Waals surface area (Å²) in [7, 11) is 4.02. The van der Waals surface area contributed by atoms with E-state index in [2.05, 4.69) is 32.2 Å². The van der Waals surface area contributed by atoms with Gasteiger partial charge >= 0.3 is 0 Å². The fraction of sp³-hybridized carbons (Fsp3) is 0.387. The molecule has 2 aliphatic heterocycles. The first-order chi connectivity index (χ1) is 20.3. The molecular weight excluding hydrogens is 552 g/mol. The van der Waals surface area contributed by atoms with E-state index >= 15 is 0 Å². The lowest BCUT2D eigenvalue weighted by molar-refractivity contribution is -0.113. The van der Waals surface area contributed by atoms with E-state index in [9.17, 15) is 9.59 Å². The summed E-state index contributed by atoms with van der Waals surface area (Å²) in [6.45, 7) is 3.41. The van der Waals surface area contributed by atoms with Gasteiger partial charge in [0.2, 0.25) is 5.95 Å². The summed E-state index contributed by atoms with van der Waals surface area (Å²) >= 11 is 6.06. The predicted octanol–water partition coefficient (Wildman–Crippen LogP) is 4.42. The van der Waals surface area contributed by atoms with Gasteiger partial charge in [0.25, 0.3) is 11.7 Å². The largest absolute Gasteiger partial charge is 0.356 e. The Labute approximate surface area is 250 Å². The highest BCUT2D eigenvalue weighted by atomic mass is 35.5. The van der Waals surface area contributed by atoms with Crippen molar-refractivity contribution in [3.8, 4) is 0 Å². The number of anilines is 3. The second kappa shape index (κ2) is 11.7. The fourth-order valence-corrected chi connectivity index (χ4v) is 6.09. The van der Waals surface area contributed by atoms with Gasteiger partial charge in [0, 0.05) is 48.6 Å². The van der Waals surface area contributed by atoms with Crippen LogP contribution in [0.25, 0.3) is 5.78 Å². The van der Waals surface area contributed by atoms with E-state index in [-0.39, 0.29) is 11.9 Å². The number of carbonyl (C=O) groups excluding carboxylic acids is 2. The fourth-order valence-electron chi connectivity index (χ4n) is 5.97. The zero-order valence-corrected chi connectivity index (χ0v) is 24.7. The lowest BCUT2D eigenvalue weighted by Crippen LogP contribution is -2.44. The van der Waals surface area contributed by atoms with E-state index in [1.54, 1.807) is 4.52 Å². The number of halogens is 1. The van der Waals surface area contributed by atoms with Crippen LogP contribution < -0.4 is 10.2 Å². The quantitative estimate of drug-likeness (QED) is 0.318. The molecule has 0 atom stereocenters. The van der Waals surface area contributed by atoms with Gasteiger partial charge in [-0.15, -0.1) is 5.10 Å². The number of likely N-dealkylation sites (tertiary alicyclic amines) is 1. The SMILES string of the molecule is CN1CCC(N(C)C(=O)c2ccc(Nc3nc4nc(N5CCC(C=O)(c6ccc(Cl)cc6)CC5)ccn4n3)cc2)CC1. The molecule has 0 bridgehead atoms. The van der Waals surface area contributed by atoms with Crippen LogP contribution in [0.3, 0.4) is 0 Å². The summed E-state index contributed by atoms with van der Waals surface area (Å²) in [5.41, 5.74) is 1.93. The third-order valence-electron chi connectivity index (χ3n) is 8.76. The van der Waals surface area contributed by atoms with E-state index in [1.807, 2.05) is 72.7 Å². The number of nitrogens with one attached hydrogen (secondary N) is 1. The number of benzene rings is 2. The Morgan fingerprint density at radius 3 is 2.36 bits per heavy atom. The zero-order valence-electron chi connectivity index (χ0n) is 23.9. The summed E-state index contributed by atoms with van der Waals surface area (Å²) in [4.78, 5) is 40.9. The second-order valence-corrected chi connectivity index (χ2v) is 11.8. The highest BCUT2D eigenvalue weighted by Crippen LogP contribution is 2.35. The van der Waals surface area contributed by atoms with Crippen LogP contribution in [0, 0.1) is 0 Å². The van der Waals surface area contributed by atoms with Crippen LogP contribution >= 0.6 is 11.6 Å². The first-order valence-electron chi connectivity index (χ1n) is 14.4. The van der Waals surface area contributed by atoms with Crippen LogP contribution in [0.4, 0.5) is 17.5 Å². The van der Waals surface area contributed by atoms with Crippen molar-refractivity contribution in [3.05, 3.63) is 76.9 Å². The number of carbonyl (C=O) groups is 2. The first kappa shape index (κ1) is 28.1. The predicted molar refractivity (Wildman–Crippen MR) is 164 cm³/mol. The van der Waals surface area contributed by atoms with Gasteiger partial charge < -0.3 is 24.8 Å². The molecule has 10 nitrogen and oxygen atoms in total. The van der Waals surface area contributed by atoms with E-state index in [0.29, 0.717) is 48.2 Å². The van der Waals surface area contributed by atoms with Gasteiger partial charge in [-0.25, -0.2) is 4.52 Å². The maximum absolute atomic E-state index is 13.0. The highest BCUT2D eigenvalue weighted by Gasteiger charge is 2.36. The number of hydrogen-bond acceptors (Lipinski definition) is 8. The number of piperidine rings is 2. The molecule has 0 unspecified atom stereocenters. The Kier molecular flexibility index (Phi) is 7.83. The zero-order chi connectivity index (χ0) is 29.3. The third-order valence-corrected chi connectivity index (χ3v) is 9.01. The Morgan fingerprint density at radius 2 is 1.69 bits per heavy atom. The molecule has 11 heteroatoms. The monoisotopic (exact) mass is 586 g/mol. The van der Waals surface area contributed by atoms with Crippen molar-refractivity contribution < 1.29 is 9.59 Å². The molecule has 0 spiro atoms. The van der Waals surface area contributed by atoms with Gasteiger partial charge in [-0.3, -0.25) is 4.79 Å². The minimum absolute atomic E-state index is 0.0370. The summed E-state index contributed by atoms with van der Waals surface area (Å²) < 4.78 is 1.63. The molecule has 1 amide bonds. The molecule has 6 rings (SSSR count). The molecule has 42 heavy (non-hydrogen) atoms. The molecule has 2 aliphatic rings. The molecule has 4 heterocycles. The van der Waals surface area contributed by atoms with Gasteiger partial charge in [-0.05, 0) is 93.8 Å². The van der Waals surface area contributed by atoms with Crippen molar-refractivity contribution in [2.45, 2.75) is 37.1 Å². The van der Waals surface area contributed by atoms with E-state index < -0.39 is 5.41 Å². The maximum atomic E-state index is 13.0. The maximum Gasteiger partial charge on any atom is 0.255 e. The Balaban J connectivity index is 1.09. The number of rotatable bonds is 7. The van der Waals surface area contributed by atoms with Crippen molar-refractivity contribution in [2.75, 3.05) is 50.5 Å². The number of hydrogen-bond donors (Lipinski definition) is 1. The van der Waals surface area contributed by atoms with E-state index in [1.165, 1.54) is 0 Å². The van der Waals surface area contributed by atoms with Gasteiger partial charge in [0.15, 0.2) is 0 Å². The standard InChI is InChI=1S/C31H35ClN8O2/c1-37-16-11-26(12-17-37)38(2)28(42)22-3-9-25(10-4-22)33-29-35-30-34-27(13-18-40(30)36-29)39-19-14-31(21-41,15-20-39)23-5-7-24(32)8-6-23/h3-10,13,18,21,26H,11-12,14-17,19-20H2,1-2H3,(H,33,36). The van der Waals surface area contributed by atoms with Crippen LogP contribution in [0.1, 0.15) is 41.6 Å². The van der Waals surface area contributed by atoms with Crippen LogP contribution in [0.15, 0.2) is 60.8 Å². The number of amides is 1. The number of aromatic nitrogens is 4. The molecule has 0 radical (unpaired) electrons. The molecule has 4 aromatic rings. The second-order valence-electron chi connectivity index (χ2n) is 11.4. The smallest absolute Gasteiger partial charge is 0.255 e. The van der Waals surface area contributed by atoms with Crippen molar-refractivity contribution in [3.63, 3.8) is 0 Å². The molecule has 218 valence electrons. The number of aldehydes is 1. The van der Waals surface area contributed by atoms with Crippen LogP contribution in [-0.2, 0) is 10.2 Å². The number of fused-ring (bicyclic) bond motifs is 1. The topological polar surface area (TPSA) is 99.0 Å². The van der Waals surface area contributed by atoms with Gasteiger partial charge in [0.05, 0.1) is 5.41 Å². The minimum Gasteiger partial charge on any atom is -0.356 e. The highest BCUT2D eigenvalue weighted by molar-refractivity contribution is 6.30. The molecule has 0 aliphatic carbocycles. The van der Waals surface area contributed by atoms with Crippen molar-refractivity contribution in [1.29, 1.82) is 0 Å². The Bertz CT molecular complexity index is 1560.